The molecule has 1 fully saturated rings. The lowest BCUT2D eigenvalue weighted by molar-refractivity contribution is -0.129. The predicted molar refractivity (Wildman–Crippen MR) is 83.0 cm³/mol. The van der Waals surface area contributed by atoms with Gasteiger partial charge in [0.15, 0.2) is 6.10 Å². The van der Waals surface area contributed by atoms with E-state index in [0.717, 1.165) is 31.2 Å². The number of hydrogen-bond acceptors (Lipinski definition) is 4. The molecule has 1 saturated carbocycles. The lowest BCUT2D eigenvalue weighted by Gasteiger charge is -2.17. The van der Waals surface area contributed by atoms with Crippen LogP contribution in [0.3, 0.4) is 0 Å². The molecule has 1 N–H and O–H groups in total. The van der Waals surface area contributed by atoms with Crippen molar-refractivity contribution in [1.82, 2.24) is 5.32 Å². The lowest BCUT2D eigenvalue weighted by Crippen LogP contribution is -2.40. The van der Waals surface area contributed by atoms with Crippen molar-refractivity contribution in [3.8, 4) is 5.75 Å². The highest BCUT2D eigenvalue weighted by atomic mass is 16.5. The quantitative estimate of drug-likeness (QED) is 0.849. The second kappa shape index (κ2) is 7.29. The van der Waals surface area contributed by atoms with Crippen LogP contribution in [0.1, 0.15) is 48.5 Å². The van der Waals surface area contributed by atoms with E-state index in [9.17, 15) is 9.59 Å². The van der Waals surface area contributed by atoms with Gasteiger partial charge in [0.05, 0.1) is 12.7 Å². The molecule has 1 unspecified atom stereocenters. The minimum absolute atomic E-state index is 0.216. The van der Waals surface area contributed by atoms with Crippen molar-refractivity contribution in [1.29, 1.82) is 0 Å². The Hall–Kier alpha value is -2.04. The molecule has 5 nitrogen and oxygen atoms in total. The number of ether oxygens (including phenoxy) is 2. The van der Waals surface area contributed by atoms with Crippen LogP contribution in [-0.2, 0) is 9.53 Å². The van der Waals surface area contributed by atoms with Crippen LogP contribution in [0.4, 0.5) is 0 Å². The van der Waals surface area contributed by atoms with Crippen molar-refractivity contribution in [2.24, 2.45) is 0 Å². The zero-order valence-electron chi connectivity index (χ0n) is 13.3. The molecule has 1 aromatic carbocycles. The summed E-state index contributed by atoms with van der Waals surface area (Å²) in [5, 5.41) is 2.93. The highest BCUT2D eigenvalue weighted by Crippen LogP contribution is 2.20. The van der Waals surface area contributed by atoms with Gasteiger partial charge in [-0.3, -0.25) is 4.79 Å². The summed E-state index contributed by atoms with van der Waals surface area (Å²) in [5.74, 6) is -0.135. The van der Waals surface area contributed by atoms with Crippen LogP contribution in [-0.4, -0.2) is 31.1 Å². The fraction of sp³-hybridized carbons (Fsp3) is 0.529. The number of esters is 1. The molecule has 0 bridgehead atoms. The van der Waals surface area contributed by atoms with E-state index in [-0.39, 0.29) is 11.9 Å². The standard InChI is InChI=1S/C17H23NO4/c1-11-8-9-13(10-15(11)21-3)17(20)22-12(2)16(19)18-14-6-4-5-7-14/h8-10,12,14H,4-7H2,1-3H3,(H,18,19). The molecule has 0 saturated heterocycles. The third-order valence-corrected chi connectivity index (χ3v) is 4.00. The monoisotopic (exact) mass is 305 g/mol. The second-order valence-corrected chi connectivity index (χ2v) is 5.72. The van der Waals surface area contributed by atoms with Crippen LogP contribution < -0.4 is 10.1 Å². The molecule has 1 atom stereocenters. The molecule has 0 heterocycles. The van der Waals surface area contributed by atoms with Crippen molar-refractivity contribution in [2.75, 3.05) is 7.11 Å². The SMILES string of the molecule is COc1cc(C(=O)OC(C)C(=O)NC2CCCC2)ccc1C. The third-order valence-electron chi connectivity index (χ3n) is 4.00. The minimum atomic E-state index is -0.805. The van der Waals surface area contributed by atoms with Gasteiger partial charge < -0.3 is 14.8 Å². The van der Waals surface area contributed by atoms with E-state index in [2.05, 4.69) is 5.32 Å². The number of aryl methyl sites for hydroxylation is 1. The zero-order chi connectivity index (χ0) is 16.1. The first kappa shape index (κ1) is 16.3. The van der Waals surface area contributed by atoms with Crippen LogP contribution in [0.2, 0.25) is 0 Å². The van der Waals surface area contributed by atoms with Crippen LogP contribution in [0.5, 0.6) is 5.75 Å². The van der Waals surface area contributed by atoms with E-state index in [4.69, 9.17) is 9.47 Å². The van der Waals surface area contributed by atoms with Gasteiger partial charge in [-0.15, -0.1) is 0 Å². The maximum Gasteiger partial charge on any atom is 0.339 e. The van der Waals surface area contributed by atoms with Crippen molar-refractivity contribution in [2.45, 2.75) is 51.7 Å². The fourth-order valence-electron chi connectivity index (χ4n) is 2.62. The van der Waals surface area contributed by atoms with Crippen LogP contribution in [0.15, 0.2) is 18.2 Å². The Morgan fingerprint density at radius 1 is 1.27 bits per heavy atom. The van der Waals surface area contributed by atoms with Gasteiger partial charge >= 0.3 is 5.97 Å². The molecule has 0 aliphatic heterocycles. The van der Waals surface area contributed by atoms with E-state index in [0.29, 0.717) is 11.3 Å². The first-order chi connectivity index (χ1) is 10.5. The Morgan fingerprint density at radius 3 is 2.59 bits per heavy atom. The highest BCUT2D eigenvalue weighted by molar-refractivity contribution is 5.92. The predicted octanol–water partition coefficient (Wildman–Crippen LogP) is 2.61. The second-order valence-electron chi connectivity index (χ2n) is 5.72. The Bertz CT molecular complexity index is 550. The van der Waals surface area contributed by atoms with Gasteiger partial charge in [0.2, 0.25) is 0 Å². The molecule has 1 aliphatic rings. The summed E-state index contributed by atoms with van der Waals surface area (Å²) in [6.07, 6.45) is 3.48. The summed E-state index contributed by atoms with van der Waals surface area (Å²) in [6, 6.07) is 5.30. The summed E-state index contributed by atoms with van der Waals surface area (Å²) < 4.78 is 10.4. The molecule has 1 amide bonds. The summed E-state index contributed by atoms with van der Waals surface area (Å²) in [6.45, 7) is 3.49. The summed E-state index contributed by atoms with van der Waals surface area (Å²) in [4.78, 5) is 24.1. The van der Waals surface area contributed by atoms with Gasteiger partial charge in [-0.25, -0.2) is 4.79 Å². The Morgan fingerprint density at radius 2 is 1.95 bits per heavy atom. The largest absolute Gasteiger partial charge is 0.496 e. The summed E-state index contributed by atoms with van der Waals surface area (Å²) in [7, 11) is 1.55. The molecular formula is C17H23NO4. The zero-order valence-corrected chi connectivity index (χ0v) is 13.3. The van der Waals surface area contributed by atoms with E-state index in [1.807, 2.05) is 6.92 Å². The number of carbonyl (C=O) groups is 2. The van der Waals surface area contributed by atoms with E-state index >= 15 is 0 Å². The molecule has 5 heteroatoms. The van der Waals surface area contributed by atoms with Crippen molar-refractivity contribution >= 4 is 11.9 Å². The number of benzene rings is 1. The molecule has 2 rings (SSSR count). The van der Waals surface area contributed by atoms with Crippen molar-refractivity contribution < 1.29 is 19.1 Å². The van der Waals surface area contributed by atoms with Crippen LogP contribution in [0.25, 0.3) is 0 Å². The summed E-state index contributed by atoms with van der Waals surface area (Å²) in [5.41, 5.74) is 1.31. The molecule has 0 aromatic heterocycles. The molecule has 22 heavy (non-hydrogen) atoms. The molecule has 120 valence electrons. The lowest BCUT2D eigenvalue weighted by atomic mass is 10.1. The molecular weight excluding hydrogens is 282 g/mol. The number of amides is 1. The van der Waals surface area contributed by atoms with Gasteiger partial charge in [-0.1, -0.05) is 18.9 Å². The Labute approximate surface area is 131 Å². The average molecular weight is 305 g/mol. The normalized spacial score (nSPS) is 16.1. The molecule has 0 radical (unpaired) electrons. The minimum Gasteiger partial charge on any atom is -0.496 e. The third kappa shape index (κ3) is 4.00. The number of hydrogen-bond donors (Lipinski definition) is 1. The van der Waals surface area contributed by atoms with Crippen LogP contribution >= 0.6 is 0 Å². The van der Waals surface area contributed by atoms with Gasteiger partial charge in [0, 0.05) is 6.04 Å². The first-order valence-corrected chi connectivity index (χ1v) is 7.67. The fourth-order valence-corrected chi connectivity index (χ4v) is 2.62. The highest BCUT2D eigenvalue weighted by Gasteiger charge is 2.23. The summed E-state index contributed by atoms with van der Waals surface area (Å²) >= 11 is 0. The van der Waals surface area contributed by atoms with Gasteiger partial charge in [-0.05, 0) is 44.4 Å². The van der Waals surface area contributed by atoms with Crippen LogP contribution in [0, 0.1) is 6.92 Å². The number of nitrogens with one attached hydrogen (secondary N) is 1. The Balaban J connectivity index is 1.94. The number of methoxy groups -OCH3 is 1. The van der Waals surface area contributed by atoms with Gasteiger partial charge in [-0.2, -0.15) is 0 Å². The van der Waals surface area contributed by atoms with E-state index < -0.39 is 12.1 Å². The smallest absolute Gasteiger partial charge is 0.339 e. The maximum absolute atomic E-state index is 12.1. The Kier molecular flexibility index (Phi) is 5.41. The molecule has 0 spiro atoms. The topological polar surface area (TPSA) is 64.6 Å². The molecule has 1 aromatic rings. The van der Waals surface area contributed by atoms with Gasteiger partial charge in [0.1, 0.15) is 5.75 Å². The number of carbonyl (C=O) groups excluding carboxylic acids is 2. The van der Waals surface area contributed by atoms with Gasteiger partial charge in [0.25, 0.3) is 5.91 Å². The average Bonchev–Trinajstić information content (AvgIpc) is 3.00. The molecule has 1 aliphatic carbocycles. The van der Waals surface area contributed by atoms with E-state index in [1.165, 1.54) is 0 Å². The van der Waals surface area contributed by atoms with Crippen molar-refractivity contribution in [3.63, 3.8) is 0 Å². The van der Waals surface area contributed by atoms with E-state index in [1.54, 1.807) is 32.2 Å². The number of rotatable bonds is 5. The maximum atomic E-state index is 12.1. The van der Waals surface area contributed by atoms with Crippen molar-refractivity contribution in [3.05, 3.63) is 29.3 Å². The first-order valence-electron chi connectivity index (χ1n) is 7.67.